The molecule has 28 heavy (non-hydrogen) atoms. The van der Waals surface area contributed by atoms with Gasteiger partial charge in [0.1, 0.15) is 0 Å². The van der Waals surface area contributed by atoms with Crippen molar-refractivity contribution in [3.63, 3.8) is 0 Å². The minimum Gasteiger partial charge on any atom is -0.463 e. The third-order valence-corrected chi connectivity index (χ3v) is 4.18. The number of non-ortho nitro benzene ring substituents is 1. The SMILES string of the molecule is CCOC(=O)C1=C(C)NC(=O)N(CCC(=O)NN)C1c1cccc([N+](=O)[O-])c1. The average molecular weight is 391 g/mol. The summed E-state index contributed by atoms with van der Waals surface area (Å²) in [6, 6.07) is 4.11. The van der Waals surface area contributed by atoms with E-state index >= 15 is 0 Å². The third-order valence-electron chi connectivity index (χ3n) is 4.18. The molecular weight excluding hydrogens is 370 g/mol. The number of nitrogens with one attached hydrogen (secondary N) is 2. The fourth-order valence-corrected chi connectivity index (χ4v) is 2.93. The number of hydrazine groups is 1. The summed E-state index contributed by atoms with van der Waals surface area (Å²) < 4.78 is 5.10. The summed E-state index contributed by atoms with van der Waals surface area (Å²) in [4.78, 5) is 48.5. The molecule has 11 heteroatoms. The number of carbonyl (C=O) groups is 3. The van der Waals surface area contributed by atoms with Gasteiger partial charge >= 0.3 is 12.0 Å². The van der Waals surface area contributed by atoms with E-state index in [9.17, 15) is 24.5 Å². The Labute approximate surface area is 160 Å². The Morgan fingerprint density at radius 3 is 2.75 bits per heavy atom. The van der Waals surface area contributed by atoms with Gasteiger partial charge in [-0.1, -0.05) is 12.1 Å². The maximum atomic E-state index is 12.6. The van der Waals surface area contributed by atoms with Crippen LogP contribution in [0.4, 0.5) is 10.5 Å². The van der Waals surface area contributed by atoms with Crippen molar-refractivity contribution in [1.82, 2.24) is 15.6 Å². The zero-order chi connectivity index (χ0) is 20.8. The number of ether oxygens (including phenoxy) is 1. The van der Waals surface area contributed by atoms with E-state index in [0.717, 1.165) is 0 Å². The summed E-state index contributed by atoms with van der Waals surface area (Å²) in [6.45, 7) is 3.22. The van der Waals surface area contributed by atoms with Crippen molar-refractivity contribution in [1.29, 1.82) is 0 Å². The Morgan fingerprint density at radius 2 is 2.14 bits per heavy atom. The molecule has 0 bridgehead atoms. The first-order valence-electron chi connectivity index (χ1n) is 8.49. The van der Waals surface area contributed by atoms with Crippen LogP contribution in [0.5, 0.6) is 0 Å². The second-order valence-corrected chi connectivity index (χ2v) is 5.95. The van der Waals surface area contributed by atoms with Gasteiger partial charge in [0.05, 0.1) is 23.1 Å². The second-order valence-electron chi connectivity index (χ2n) is 5.95. The molecule has 4 N–H and O–H groups in total. The number of urea groups is 1. The van der Waals surface area contributed by atoms with Gasteiger partial charge in [-0.05, 0) is 19.4 Å². The number of nitro benzene ring substituents is 1. The molecule has 0 saturated carbocycles. The highest BCUT2D eigenvalue weighted by atomic mass is 16.6. The molecule has 1 heterocycles. The third kappa shape index (κ3) is 4.43. The van der Waals surface area contributed by atoms with Crippen LogP contribution >= 0.6 is 0 Å². The number of allylic oxidation sites excluding steroid dienone is 1. The van der Waals surface area contributed by atoms with Crippen molar-refractivity contribution in [2.45, 2.75) is 26.3 Å². The van der Waals surface area contributed by atoms with E-state index in [-0.39, 0.29) is 36.5 Å². The number of nitrogens with two attached hydrogens (primary N) is 1. The molecule has 0 aliphatic carbocycles. The van der Waals surface area contributed by atoms with Crippen LogP contribution < -0.4 is 16.6 Å². The topological polar surface area (TPSA) is 157 Å². The molecule has 2 rings (SSSR count). The first kappa shape index (κ1) is 20.8. The number of amides is 3. The normalized spacial score (nSPS) is 16.5. The summed E-state index contributed by atoms with van der Waals surface area (Å²) in [6.07, 6.45) is -0.121. The number of benzene rings is 1. The predicted molar refractivity (Wildman–Crippen MR) is 97.4 cm³/mol. The fourth-order valence-electron chi connectivity index (χ4n) is 2.93. The van der Waals surface area contributed by atoms with E-state index in [4.69, 9.17) is 10.6 Å². The first-order valence-corrected chi connectivity index (χ1v) is 8.49. The molecule has 0 aromatic heterocycles. The maximum absolute atomic E-state index is 12.6. The molecule has 0 fully saturated rings. The standard InChI is InChI=1S/C17H21N5O6/c1-3-28-16(24)14-10(2)19-17(25)21(8-7-13(23)20-18)15(14)11-5-4-6-12(9-11)22(26)27/h4-6,9,15H,3,7-8,18H2,1-2H3,(H,19,25)(H,20,23). The van der Waals surface area contributed by atoms with Crippen molar-refractivity contribution in [2.75, 3.05) is 13.2 Å². The Bertz CT molecular complexity index is 837. The molecule has 0 saturated heterocycles. The lowest BCUT2D eigenvalue weighted by molar-refractivity contribution is -0.384. The van der Waals surface area contributed by atoms with Gasteiger partial charge < -0.3 is 15.0 Å². The summed E-state index contributed by atoms with van der Waals surface area (Å²) >= 11 is 0. The van der Waals surface area contributed by atoms with Gasteiger partial charge in [0.15, 0.2) is 0 Å². The summed E-state index contributed by atoms with van der Waals surface area (Å²) in [5.41, 5.74) is 2.54. The summed E-state index contributed by atoms with van der Waals surface area (Å²) in [7, 11) is 0. The Kier molecular flexibility index (Phi) is 6.66. The molecule has 1 atom stereocenters. The Balaban J connectivity index is 2.56. The lowest BCUT2D eigenvalue weighted by Gasteiger charge is -2.37. The van der Waals surface area contributed by atoms with Crippen molar-refractivity contribution >= 4 is 23.6 Å². The quantitative estimate of drug-likeness (QED) is 0.205. The molecule has 1 aliphatic rings. The smallest absolute Gasteiger partial charge is 0.338 e. The first-order chi connectivity index (χ1) is 13.3. The molecule has 3 amide bonds. The number of nitrogens with zero attached hydrogens (tertiary/aromatic N) is 2. The lowest BCUT2D eigenvalue weighted by atomic mass is 9.93. The van der Waals surface area contributed by atoms with Crippen LogP contribution in [0.2, 0.25) is 0 Å². The molecule has 150 valence electrons. The minimum absolute atomic E-state index is 0.0710. The van der Waals surface area contributed by atoms with Crippen molar-refractivity contribution in [2.24, 2.45) is 5.84 Å². The summed E-state index contributed by atoms with van der Waals surface area (Å²) in [5.74, 6) is 3.91. The molecule has 11 nitrogen and oxygen atoms in total. The maximum Gasteiger partial charge on any atom is 0.338 e. The minimum atomic E-state index is -0.960. The second kappa shape index (κ2) is 8.95. The van der Waals surface area contributed by atoms with Gasteiger partial charge in [-0.2, -0.15) is 0 Å². The summed E-state index contributed by atoms with van der Waals surface area (Å²) in [5, 5.41) is 13.7. The highest BCUT2D eigenvalue weighted by Crippen LogP contribution is 2.35. The Morgan fingerprint density at radius 1 is 1.43 bits per heavy atom. The van der Waals surface area contributed by atoms with Gasteiger partial charge in [-0.15, -0.1) is 0 Å². The van der Waals surface area contributed by atoms with Crippen molar-refractivity contribution < 1.29 is 24.0 Å². The number of hydrogen-bond acceptors (Lipinski definition) is 7. The van der Waals surface area contributed by atoms with Gasteiger partial charge in [0.2, 0.25) is 5.91 Å². The largest absolute Gasteiger partial charge is 0.463 e. The molecule has 1 unspecified atom stereocenters. The number of esters is 1. The van der Waals surface area contributed by atoms with Crippen LogP contribution in [0.1, 0.15) is 31.9 Å². The highest BCUT2D eigenvalue weighted by molar-refractivity contribution is 5.95. The van der Waals surface area contributed by atoms with E-state index in [1.54, 1.807) is 19.9 Å². The molecule has 0 spiro atoms. The molecule has 0 radical (unpaired) electrons. The molecular formula is C17H21N5O6. The van der Waals surface area contributed by atoms with E-state index < -0.39 is 28.9 Å². The Hall–Kier alpha value is -3.47. The van der Waals surface area contributed by atoms with Gasteiger partial charge in [0.25, 0.3) is 5.69 Å². The van der Waals surface area contributed by atoms with Crippen molar-refractivity contribution in [3.8, 4) is 0 Å². The van der Waals surface area contributed by atoms with E-state index in [1.165, 1.54) is 23.1 Å². The lowest BCUT2D eigenvalue weighted by Crippen LogP contribution is -2.49. The van der Waals surface area contributed by atoms with Crippen LogP contribution in [-0.2, 0) is 14.3 Å². The van der Waals surface area contributed by atoms with Gasteiger partial charge in [-0.25, -0.2) is 15.4 Å². The number of hydrogen-bond donors (Lipinski definition) is 3. The van der Waals surface area contributed by atoms with Crippen LogP contribution in [0.25, 0.3) is 0 Å². The molecule has 1 aromatic carbocycles. The van der Waals surface area contributed by atoms with Crippen LogP contribution in [0.3, 0.4) is 0 Å². The zero-order valence-electron chi connectivity index (χ0n) is 15.4. The monoisotopic (exact) mass is 391 g/mol. The van der Waals surface area contributed by atoms with E-state index in [2.05, 4.69) is 5.32 Å². The number of rotatable bonds is 7. The fraction of sp³-hybridized carbons (Fsp3) is 0.353. The van der Waals surface area contributed by atoms with E-state index in [1.807, 2.05) is 5.43 Å². The number of carbonyl (C=O) groups excluding carboxylic acids is 3. The van der Waals surface area contributed by atoms with Crippen LogP contribution in [0, 0.1) is 10.1 Å². The van der Waals surface area contributed by atoms with Gasteiger partial charge in [-0.3, -0.25) is 20.3 Å². The van der Waals surface area contributed by atoms with Crippen LogP contribution in [-0.4, -0.2) is 40.9 Å². The zero-order valence-corrected chi connectivity index (χ0v) is 15.4. The molecule has 1 aliphatic heterocycles. The highest BCUT2D eigenvalue weighted by Gasteiger charge is 2.39. The van der Waals surface area contributed by atoms with Gasteiger partial charge in [0, 0.05) is 30.8 Å². The van der Waals surface area contributed by atoms with Crippen LogP contribution in [0.15, 0.2) is 35.5 Å². The number of nitro groups is 1. The molecule has 1 aromatic rings. The average Bonchev–Trinajstić information content (AvgIpc) is 2.66. The van der Waals surface area contributed by atoms with Crippen molar-refractivity contribution in [3.05, 3.63) is 51.2 Å². The van der Waals surface area contributed by atoms with E-state index in [0.29, 0.717) is 5.56 Å². The predicted octanol–water partition coefficient (Wildman–Crippen LogP) is 0.878.